The fourth-order valence-electron chi connectivity index (χ4n) is 4.34. The summed E-state index contributed by atoms with van der Waals surface area (Å²) >= 11 is 5.38. The van der Waals surface area contributed by atoms with Crippen LogP contribution < -0.4 is 27.7 Å². The molecule has 0 atom stereocenters. The van der Waals surface area contributed by atoms with Crippen LogP contribution in [-0.4, -0.2) is 46.7 Å². The summed E-state index contributed by atoms with van der Waals surface area (Å²) in [4.78, 5) is 29.4. The summed E-state index contributed by atoms with van der Waals surface area (Å²) in [7, 11) is 2.18. The van der Waals surface area contributed by atoms with E-state index in [4.69, 9.17) is 18.6 Å². The van der Waals surface area contributed by atoms with Crippen molar-refractivity contribution in [3.8, 4) is 131 Å². The summed E-state index contributed by atoms with van der Waals surface area (Å²) in [5.41, 5.74) is 9.69. The van der Waals surface area contributed by atoms with Crippen molar-refractivity contribution in [3.63, 3.8) is 0 Å². The van der Waals surface area contributed by atoms with Gasteiger partial charge in [-0.15, -0.1) is 24.2 Å². The molecule has 7 N–H and O–H groups in total. The molecule has 0 saturated carbocycles. The Morgan fingerprint density at radius 3 is 1.93 bits per heavy atom. The van der Waals surface area contributed by atoms with Crippen molar-refractivity contribution in [1.29, 1.82) is 0 Å². The molecule has 0 spiro atoms. The van der Waals surface area contributed by atoms with Crippen LogP contribution in [0, 0.1) is 142 Å². The number of nitrogen functional groups attached to an aromatic ring is 1. The van der Waals surface area contributed by atoms with Crippen LogP contribution in [-0.2, 0) is 19.4 Å². The Morgan fingerprint density at radius 2 is 1.45 bits per heavy atom. The predicted molar refractivity (Wildman–Crippen MR) is 257 cm³/mol. The number of hydrogen-bond acceptors (Lipinski definition) is 10. The highest BCUT2D eigenvalue weighted by Gasteiger charge is 2.17. The average molecular weight is 821 g/mol. The number of hydrogen-bond donors (Lipinski definition) is 5. The van der Waals surface area contributed by atoms with E-state index in [0.29, 0.717) is 18.3 Å². The molecule has 1 fully saturated rings. The molecule has 0 radical (unpaired) electrons. The molecule has 3 aromatic rings. The second kappa shape index (κ2) is 29.0. The molecule has 1 aromatic carbocycles. The third kappa shape index (κ3) is 20.7. The largest absolute Gasteiger partial charge is 0.478 e. The second-order valence-electron chi connectivity index (χ2n) is 10.9. The van der Waals surface area contributed by atoms with Crippen LogP contribution >= 0.6 is 11.3 Å². The van der Waals surface area contributed by atoms with Crippen LogP contribution in [0.5, 0.6) is 0 Å². The highest BCUT2D eigenvalue weighted by molar-refractivity contribution is 7.51. The van der Waals surface area contributed by atoms with Gasteiger partial charge in [-0.2, -0.15) is 0 Å². The molecule has 14 heteroatoms. The van der Waals surface area contributed by atoms with Crippen molar-refractivity contribution in [2.45, 2.75) is 19.4 Å². The Kier molecular flexibility index (Phi) is 22.8. The van der Waals surface area contributed by atoms with Crippen LogP contribution in [0.4, 0.5) is 11.5 Å². The topological polar surface area (TPSA) is 166 Å². The lowest BCUT2D eigenvalue weighted by molar-refractivity contribution is -0.444. The highest BCUT2D eigenvalue weighted by Crippen LogP contribution is 2.23. The van der Waals surface area contributed by atoms with Crippen LogP contribution in [0.15, 0.2) is 52.4 Å². The molecule has 306 valence electrons. The normalized spacial score (nSPS) is 10.3. The summed E-state index contributed by atoms with van der Waals surface area (Å²) in [5.74, 6) is 53.9. The molecule has 0 bridgehead atoms. The number of hydrazine groups is 1. The van der Waals surface area contributed by atoms with Gasteiger partial charge in [-0.25, -0.2) is 4.98 Å². The molecule has 1 amide bonds. The van der Waals surface area contributed by atoms with Crippen LogP contribution in [0.1, 0.15) is 45.2 Å². The Morgan fingerprint density at radius 1 is 0.914 bits per heavy atom. The van der Waals surface area contributed by atoms with E-state index in [2.05, 4.69) is 175 Å². The Balaban J connectivity index is -0.0000000861. The lowest BCUT2D eigenvalue weighted by atomic mass is 9.97. The molecule has 1 saturated heterocycles. The number of carbonyl (C=O) groups excluding carboxylic acids is 1. The van der Waals surface area contributed by atoms with Gasteiger partial charge in [0.15, 0.2) is 5.22 Å². The van der Waals surface area contributed by atoms with Gasteiger partial charge in [-0.3, -0.25) is 10.6 Å². The predicted octanol–water partition coefficient (Wildman–Crippen LogP) is 5.77. The highest BCUT2D eigenvalue weighted by atomic mass is 32.1. The van der Waals surface area contributed by atoms with E-state index >= 15 is 0 Å². The smallest absolute Gasteiger partial charge is 0.261 e. The van der Waals surface area contributed by atoms with Crippen molar-refractivity contribution in [1.82, 2.24) is 20.7 Å². The van der Waals surface area contributed by atoms with E-state index < -0.39 is 0 Å². The van der Waals surface area contributed by atoms with Crippen molar-refractivity contribution in [2.24, 2.45) is 22.2 Å². The summed E-state index contributed by atoms with van der Waals surface area (Å²) < 4.78 is -0.0453. The first-order chi connectivity index (χ1) is 28.3. The van der Waals surface area contributed by atoms with Gasteiger partial charge < -0.3 is 34.1 Å². The van der Waals surface area contributed by atoms with E-state index in [1.807, 2.05) is 35.7 Å². The number of piperidine rings is 1. The molecule has 12 nitrogen and oxygen atoms in total. The standard InChI is InChI=1S/C22H27N5OS.C22H2.H3N5OS.12H2/c1-27-8-5-15(6-9-27)12-25-18-11-20(29-14-18)22(28)26-13-16-2-3-19-17(10-16)4-7-24-21(19)23;1-3-5-7-9-11-13-15-17-19-21-22-20-18-16-14-12-10-8-6-4-2;1-2-3-4-5(6)7;;;;;;;;;;;;/h2-4,7,10-11,14-15,25H,5-6,8-9,12-13H2,1H3,(H2,23,24)(H,26,28);1-2H;(H2,1,3)(H,2,4,6,7);12*1H. The van der Waals surface area contributed by atoms with E-state index in [-0.39, 0.29) is 27.3 Å². The summed E-state index contributed by atoms with van der Waals surface area (Å²) in [5, 5.41) is 16.0. The van der Waals surface area contributed by atoms with Crippen LogP contribution in [0.25, 0.3) is 10.8 Å². The summed E-state index contributed by atoms with van der Waals surface area (Å²) in [6, 6.07) is 9.84. The van der Waals surface area contributed by atoms with Gasteiger partial charge in [0.1, 0.15) is 5.82 Å². The van der Waals surface area contributed by atoms with Crippen molar-refractivity contribution in [2.75, 3.05) is 37.7 Å². The van der Waals surface area contributed by atoms with E-state index in [0.717, 1.165) is 33.4 Å². The maximum absolute atomic E-state index is 12.5. The zero-order valence-corrected chi connectivity index (χ0v) is 32.7. The lowest BCUT2D eigenvalue weighted by Crippen LogP contribution is -2.32. The average Bonchev–Trinajstić information content (AvgIpc) is 3.71. The number of aromatic nitrogens is 1. The number of nitrogens with two attached hydrogens (primary N) is 2. The lowest BCUT2D eigenvalue weighted by Gasteiger charge is -2.29. The number of thiophene rings is 1. The monoisotopic (exact) mass is 820 g/mol. The minimum atomic E-state index is -0.0453. The van der Waals surface area contributed by atoms with Crippen molar-refractivity contribution < 1.29 is 26.2 Å². The van der Waals surface area contributed by atoms with E-state index in [1.165, 1.54) is 37.3 Å². The molecular weight excluding hydrogens is 765 g/mol. The van der Waals surface area contributed by atoms with Crippen molar-refractivity contribution in [3.05, 3.63) is 57.3 Å². The summed E-state index contributed by atoms with van der Waals surface area (Å²) in [6.45, 7) is 3.79. The maximum Gasteiger partial charge on any atom is 0.261 e. The molecule has 58 heavy (non-hydrogen) atoms. The number of pyridine rings is 1. The molecule has 1 aliphatic rings. The van der Waals surface area contributed by atoms with Crippen molar-refractivity contribution >= 4 is 52.3 Å². The SMILES string of the molecule is C#CC#CC#CC#CC#CC#CC#CC#CC#CC#CC#C.CN1CCC(CNc2csc(C(=O)NCc3ccc4c(N)nccc4c3)c2)CC1.NN=NN[N+](=O)[S-].[HH].[HH].[HH].[HH].[HH].[HH].[HH].[HH].[HH].[HH].[HH].[HH]. The molecule has 3 heterocycles. The number of carbonyl (C=O) groups is 1. The number of fused-ring (bicyclic) bond motifs is 1. The number of amides is 1. The number of terminal acetylenes is 2. The Bertz CT molecular complexity index is 2600. The number of anilines is 2. The fraction of sp³-hybridized carbons (Fsp3) is 0.182. The summed E-state index contributed by atoms with van der Waals surface area (Å²) in [6.07, 6.45) is 14.0. The quantitative estimate of drug-likeness (QED) is 0.0474. The third-order valence-electron chi connectivity index (χ3n) is 6.96. The second-order valence-corrected chi connectivity index (χ2v) is 12.1. The zero-order valence-electron chi connectivity index (χ0n) is 31.0. The van der Waals surface area contributed by atoms with Gasteiger partial charge in [-0.1, -0.05) is 21.3 Å². The number of nitroso groups, excluding NO2 is 1. The van der Waals surface area contributed by atoms with Gasteiger partial charge in [0.05, 0.1) is 10.1 Å². The van der Waals surface area contributed by atoms with E-state index in [9.17, 15) is 9.70 Å². The molecular formula is C44H56N10O2S2. The third-order valence-corrected chi connectivity index (χ3v) is 7.97. The number of nitrogens with zero attached hydrogens (tertiary/aromatic N) is 5. The Hall–Kier alpha value is -8.46. The molecule has 1 aliphatic heterocycles. The molecule has 4 rings (SSSR count). The fourth-order valence-corrected chi connectivity index (χ4v) is 5.16. The van der Waals surface area contributed by atoms with Gasteiger partial charge in [0.2, 0.25) is 0 Å². The zero-order chi connectivity index (χ0) is 42.1. The first kappa shape index (κ1) is 45.7. The molecule has 0 aliphatic carbocycles. The molecule has 2 aromatic heterocycles. The maximum atomic E-state index is 12.5. The van der Waals surface area contributed by atoms with Gasteiger partial charge in [0, 0.05) is 76.5 Å². The molecule has 0 unspecified atom stereocenters. The Labute approximate surface area is 366 Å². The van der Waals surface area contributed by atoms with Gasteiger partial charge in [-0.05, 0) is 168 Å². The number of rotatable bonds is 8. The van der Waals surface area contributed by atoms with E-state index in [1.54, 1.807) is 11.7 Å². The number of benzene rings is 1. The van der Waals surface area contributed by atoms with Gasteiger partial charge >= 0.3 is 0 Å². The minimum Gasteiger partial charge on any atom is -0.478 e. The van der Waals surface area contributed by atoms with Crippen LogP contribution in [0.2, 0.25) is 0 Å². The van der Waals surface area contributed by atoms with Gasteiger partial charge in [0.25, 0.3) is 5.91 Å². The number of nitrogens with one attached hydrogen (secondary N) is 3. The minimum absolute atomic E-state index is 0. The first-order valence-electron chi connectivity index (χ1n) is 16.6. The van der Waals surface area contributed by atoms with Crippen LogP contribution in [0.3, 0.4) is 0 Å². The first-order valence-corrected chi connectivity index (χ1v) is 17.8. The number of likely N-dealkylation sites (tertiary alicyclic amines) is 1.